The summed E-state index contributed by atoms with van der Waals surface area (Å²) in [4.78, 5) is 51.2. The van der Waals surface area contributed by atoms with Crippen LogP contribution in [0, 0.1) is 0 Å². The van der Waals surface area contributed by atoms with E-state index >= 15 is 0 Å². The van der Waals surface area contributed by atoms with Crippen molar-refractivity contribution in [2.24, 2.45) is 0 Å². The van der Waals surface area contributed by atoms with Gasteiger partial charge >= 0.3 is 23.9 Å². The number of hydrogen-bond donors (Lipinski definition) is 3. The van der Waals surface area contributed by atoms with Crippen LogP contribution in [0.1, 0.15) is 303 Å². The van der Waals surface area contributed by atoms with Gasteiger partial charge in [-0.05, 0) is 51.4 Å². The van der Waals surface area contributed by atoms with Crippen LogP contribution in [-0.4, -0.2) is 89.2 Å². The molecule has 1 heterocycles. The molecular weight excluding hydrogens is 973 g/mol. The molecule has 6 unspecified atom stereocenters. The molecular formula is C65H116O12. The molecule has 0 amide bonds. The summed E-state index contributed by atoms with van der Waals surface area (Å²) in [6, 6.07) is 0. The Morgan fingerprint density at radius 1 is 0.442 bits per heavy atom. The first-order valence-corrected chi connectivity index (χ1v) is 32.0. The number of aliphatic carboxylic acids is 1. The quantitative estimate of drug-likeness (QED) is 0.0228. The van der Waals surface area contributed by atoms with Crippen LogP contribution in [0.25, 0.3) is 0 Å². The van der Waals surface area contributed by atoms with Crippen LogP contribution in [0.5, 0.6) is 0 Å². The van der Waals surface area contributed by atoms with Crippen molar-refractivity contribution in [2.75, 3.05) is 13.2 Å². The fourth-order valence-electron chi connectivity index (χ4n) is 9.86. The van der Waals surface area contributed by atoms with E-state index in [-0.39, 0.29) is 25.9 Å². The van der Waals surface area contributed by atoms with Gasteiger partial charge in [0.25, 0.3) is 0 Å². The summed E-state index contributed by atoms with van der Waals surface area (Å²) in [7, 11) is 0. The zero-order valence-corrected chi connectivity index (χ0v) is 49.5. The van der Waals surface area contributed by atoms with Crippen molar-refractivity contribution in [3.63, 3.8) is 0 Å². The fourth-order valence-corrected chi connectivity index (χ4v) is 9.86. The molecule has 0 spiro atoms. The molecule has 0 aliphatic carbocycles. The lowest BCUT2D eigenvalue weighted by atomic mass is 9.98. The van der Waals surface area contributed by atoms with E-state index in [4.69, 9.17) is 23.7 Å². The maximum Gasteiger partial charge on any atom is 0.335 e. The number of allylic oxidation sites excluding steroid dienone is 6. The van der Waals surface area contributed by atoms with E-state index < -0.39 is 67.3 Å². The molecule has 6 atom stereocenters. The van der Waals surface area contributed by atoms with Crippen molar-refractivity contribution in [1.29, 1.82) is 0 Å². The topological polar surface area (TPSA) is 175 Å². The summed E-state index contributed by atoms with van der Waals surface area (Å²) in [5, 5.41) is 31.5. The van der Waals surface area contributed by atoms with Gasteiger partial charge in [-0.2, -0.15) is 0 Å². The summed E-state index contributed by atoms with van der Waals surface area (Å²) in [6.45, 7) is 5.91. The third-order valence-corrected chi connectivity index (χ3v) is 14.7. The normalized spacial score (nSPS) is 18.2. The lowest BCUT2D eigenvalue weighted by Gasteiger charge is -2.40. The number of rotatable bonds is 55. The largest absolute Gasteiger partial charge is 0.479 e. The third-order valence-electron chi connectivity index (χ3n) is 14.7. The Bertz CT molecular complexity index is 1480. The Balaban J connectivity index is 2.66. The minimum Gasteiger partial charge on any atom is -0.479 e. The predicted molar refractivity (Wildman–Crippen MR) is 313 cm³/mol. The van der Waals surface area contributed by atoms with Crippen LogP contribution in [0.4, 0.5) is 0 Å². The SMILES string of the molecule is CC/C=C\C/C=C\C/C=C\CCCCCCCC(=O)OC(COC(=O)CCCCCCCCCCCCCCCCCCC)COC1OC(C(=O)O)C(O)C(O)C1OC(=O)CCCCCCCCCCCCCCCCC. The van der Waals surface area contributed by atoms with Gasteiger partial charge in [-0.15, -0.1) is 0 Å². The molecule has 0 aromatic carbocycles. The highest BCUT2D eigenvalue weighted by molar-refractivity contribution is 5.74. The average molecular weight is 1090 g/mol. The Labute approximate surface area is 470 Å². The summed E-state index contributed by atoms with van der Waals surface area (Å²) in [6.07, 6.45) is 51.1. The lowest BCUT2D eigenvalue weighted by molar-refractivity contribution is -0.301. The first-order chi connectivity index (χ1) is 37.6. The molecule has 77 heavy (non-hydrogen) atoms. The maximum atomic E-state index is 13.2. The highest BCUT2D eigenvalue weighted by Crippen LogP contribution is 2.27. The fraction of sp³-hybridized carbons (Fsp3) is 0.846. The van der Waals surface area contributed by atoms with Crippen LogP contribution in [-0.2, 0) is 42.9 Å². The molecule has 12 nitrogen and oxygen atoms in total. The van der Waals surface area contributed by atoms with Gasteiger partial charge in [-0.3, -0.25) is 14.4 Å². The monoisotopic (exact) mass is 1090 g/mol. The van der Waals surface area contributed by atoms with E-state index in [1.54, 1.807) is 0 Å². The first-order valence-electron chi connectivity index (χ1n) is 32.0. The standard InChI is InChI=1S/C65H116O12/c1-4-7-10-13-16-19-22-25-28-29-32-33-36-39-42-45-48-51-57(66)73-54-56(75-58(67)52-49-46-43-40-37-34-30-26-23-20-17-14-11-8-5-2)55-74-65-63(61(70)60(69)62(77-65)64(71)72)76-59(68)53-50-47-44-41-38-35-31-27-24-21-18-15-12-9-6-3/h8,11,17,20,26,30,56,60-63,65,69-70H,4-7,9-10,12-16,18-19,21-25,27-29,31-55H2,1-3H3,(H,71,72)/b11-8-,20-17-,30-26-. The van der Waals surface area contributed by atoms with Crippen molar-refractivity contribution in [3.8, 4) is 0 Å². The van der Waals surface area contributed by atoms with Gasteiger partial charge in [0.15, 0.2) is 24.6 Å². The number of carboxylic acids is 1. The molecule has 1 aliphatic heterocycles. The van der Waals surface area contributed by atoms with Crippen molar-refractivity contribution in [1.82, 2.24) is 0 Å². The first kappa shape index (κ1) is 72.0. The Morgan fingerprint density at radius 2 is 0.818 bits per heavy atom. The van der Waals surface area contributed by atoms with Crippen LogP contribution >= 0.6 is 0 Å². The van der Waals surface area contributed by atoms with E-state index in [2.05, 4.69) is 57.2 Å². The Hall–Kier alpha value is -3.06. The van der Waals surface area contributed by atoms with E-state index in [1.807, 2.05) is 0 Å². The van der Waals surface area contributed by atoms with Crippen molar-refractivity contribution in [2.45, 2.75) is 340 Å². The van der Waals surface area contributed by atoms with Crippen LogP contribution in [0.3, 0.4) is 0 Å². The average Bonchev–Trinajstić information content (AvgIpc) is 3.43. The summed E-state index contributed by atoms with van der Waals surface area (Å²) < 4.78 is 28.5. The molecule has 12 heteroatoms. The second kappa shape index (κ2) is 53.6. The van der Waals surface area contributed by atoms with Crippen LogP contribution < -0.4 is 0 Å². The molecule has 448 valence electrons. The van der Waals surface area contributed by atoms with Crippen molar-refractivity contribution < 1.29 is 58.2 Å². The van der Waals surface area contributed by atoms with Gasteiger partial charge in [-0.1, -0.05) is 269 Å². The zero-order valence-electron chi connectivity index (χ0n) is 49.5. The number of esters is 3. The minimum absolute atomic E-state index is 0.0643. The second-order valence-corrected chi connectivity index (χ2v) is 22.0. The molecule has 0 aromatic rings. The lowest BCUT2D eigenvalue weighted by Crippen LogP contribution is -2.61. The number of carbonyl (C=O) groups excluding carboxylic acids is 3. The van der Waals surface area contributed by atoms with Crippen LogP contribution in [0.15, 0.2) is 36.5 Å². The second-order valence-electron chi connectivity index (χ2n) is 22.0. The summed E-state index contributed by atoms with van der Waals surface area (Å²) >= 11 is 0. The number of ether oxygens (including phenoxy) is 5. The molecule has 0 bridgehead atoms. The third kappa shape index (κ3) is 43.4. The number of unbranched alkanes of at least 4 members (excludes halogenated alkanes) is 35. The van der Waals surface area contributed by atoms with Gasteiger partial charge < -0.3 is 39.0 Å². The van der Waals surface area contributed by atoms with Gasteiger partial charge in [0.05, 0.1) is 6.61 Å². The number of carboxylic acid groups (broad SMARTS) is 1. The number of aliphatic hydroxyl groups is 2. The summed E-state index contributed by atoms with van der Waals surface area (Å²) in [5.41, 5.74) is 0. The van der Waals surface area contributed by atoms with E-state index in [0.717, 1.165) is 89.9 Å². The Morgan fingerprint density at radius 3 is 1.25 bits per heavy atom. The number of hydrogen-bond acceptors (Lipinski definition) is 11. The van der Waals surface area contributed by atoms with Crippen molar-refractivity contribution >= 4 is 23.9 Å². The Kier molecular flexibility index (Phi) is 50.1. The molecule has 0 radical (unpaired) electrons. The molecule has 1 aliphatic rings. The molecule has 0 aromatic heterocycles. The highest BCUT2D eigenvalue weighted by atomic mass is 16.7. The number of aliphatic hydroxyl groups excluding tert-OH is 2. The molecule has 1 fully saturated rings. The minimum atomic E-state index is -1.90. The number of carbonyl (C=O) groups is 4. The van der Waals surface area contributed by atoms with Gasteiger partial charge in [-0.25, -0.2) is 4.79 Å². The van der Waals surface area contributed by atoms with E-state index in [1.165, 1.54) is 154 Å². The summed E-state index contributed by atoms with van der Waals surface area (Å²) in [5.74, 6) is -3.11. The van der Waals surface area contributed by atoms with Gasteiger partial charge in [0.1, 0.15) is 18.8 Å². The molecule has 0 saturated carbocycles. The molecule has 1 saturated heterocycles. The predicted octanol–water partition coefficient (Wildman–Crippen LogP) is 16.8. The van der Waals surface area contributed by atoms with Crippen LogP contribution in [0.2, 0.25) is 0 Å². The van der Waals surface area contributed by atoms with Crippen molar-refractivity contribution in [3.05, 3.63) is 36.5 Å². The molecule has 1 rings (SSSR count). The highest BCUT2D eigenvalue weighted by Gasteiger charge is 2.50. The van der Waals surface area contributed by atoms with E-state index in [0.29, 0.717) is 19.3 Å². The molecule has 3 N–H and O–H groups in total. The van der Waals surface area contributed by atoms with Gasteiger partial charge in [0, 0.05) is 19.3 Å². The maximum absolute atomic E-state index is 13.2. The van der Waals surface area contributed by atoms with Gasteiger partial charge in [0.2, 0.25) is 0 Å². The van der Waals surface area contributed by atoms with E-state index in [9.17, 15) is 34.5 Å². The smallest absolute Gasteiger partial charge is 0.335 e. The zero-order chi connectivity index (χ0) is 56.1.